The molecule has 0 aromatic heterocycles. The van der Waals surface area contributed by atoms with Crippen LogP contribution in [0.15, 0.2) is 18.2 Å². The van der Waals surface area contributed by atoms with Crippen molar-refractivity contribution in [2.75, 3.05) is 26.0 Å². The van der Waals surface area contributed by atoms with Crippen LogP contribution in [0.5, 0.6) is 11.5 Å². The number of benzene rings is 1. The summed E-state index contributed by atoms with van der Waals surface area (Å²) in [6.45, 7) is 0.303. The van der Waals surface area contributed by atoms with E-state index in [1.807, 2.05) is 0 Å². The molecule has 1 aromatic carbocycles. The second-order valence-corrected chi connectivity index (χ2v) is 6.39. The predicted octanol–water partition coefficient (Wildman–Crippen LogP) is 0.304. The number of nitrogens with zero attached hydrogens (tertiary/aromatic N) is 1. The van der Waals surface area contributed by atoms with Gasteiger partial charge in [-0.15, -0.1) is 0 Å². The predicted molar refractivity (Wildman–Crippen MR) is 70.3 cm³/mol. The first kappa shape index (κ1) is 14.6. The molecule has 2 rings (SSSR count). The normalized spacial score (nSPS) is 14.3. The van der Waals surface area contributed by atoms with Gasteiger partial charge in [-0.2, -0.15) is 4.31 Å². The third kappa shape index (κ3) is 3.61. The Balaban J connectivity index is 2.20. The number of carboxylic acid groups (broad SMARTS) is 1. The average molecular weight is 301 g/mol. The fraction of sp³-hybridized carbons (Fsp3) is 0.417. The topological polar surface area (TPSA) is 93.1 Å². The van der Waals surface area contributed by atoms with Crippen LogP contribution in [0.3, 0.4) is 0 Å². The van der Waals surface area contributed by atoms with Crippen molar-refractivity contribution in [2.45, 2.75) is 6.54 Å². The molecule has 0 saturated carbocycles. The Morgan fingerprint density at radius 3 is 2.55 bits per heavy atom. The summed E-state index contributed by atoms with van der Waals surface area (Å²) in [7, 11) is -3.60. The van der Waals surface area contributed by atoms with Gasteiger partial charge in [-0.25, -0.2) is 8.42 Å². The van der Waals surface area contributed by atoms with Gasteiger partial charge in [0, 0.05) is 6.54 Å². The summed E-state index contributed by atoms with van der Waals surface area (Å²) in [5.41, 5.74) is 0.640. The van der Waals surface area contributed by atoms with Crippen molar-refractivity contribution in [3.63, 3.8) is 0 Å². The summed E-state index contributed by atoms with van der Waals surface area (Å²) in [5, 5.41) is 8.77. The molecule has 0 saturated heterocycles. The summed E-state index contributed by atoms with van der Waals surface area (Å²) in [6, 6.07) is 5.03. The van der Waals surface area contributed by atoms with E-state index in [0.717, 1.165) is 10.6 Å². The standard InChI is InChI=1S/C12H15NO6S/c1-20(16,17)13(8-12(14)15)7-9-2-3-10-11(6-9)19-5-4-18-10/h2-3,6H,4-5,7-8H2,1H3,(H,14,15). The number of hydrogen-bond acceptors (Lipinski definition) is 5. The maximum atomic E-state index is 11.6. The van der Waals surface area contributed by atoms with E-state index in [1.54, 1.807) is 18.2 Å². The Hall–Kier alpha value is -1.80. The molecule has 0 radical (unpaired) electrons. The summed E-state index contributed by atoms with van der Waals surface area (Å²) in [5.74, 6) is -0.0605. The molecule has 1 N–H and O–H groups in total. The molecule has 8 heteroatoms. The van der Waals surface area contributed by atoms with Crippen molar-refractivity contribution in [3.8, 4) is 11.5 Å². The van der Waals surface area contributed by atoms with Gasteiger partial charge in [0.15, 0.2) is 11.5 Å². The molecule has 0 aliphatic carbocycles. The Labute approximate surface area is 116 Å². The number of ether oxygens (including phenoxy) is 2. The van der Waals surface area contributed by atoms with E-state index in [4.69, 9.17) is 14.6 Å². The minimum atomic E-state index is -3.60. The molecular weight excluding hydrogens is 286 g/mol. The van der Waals surface area contributed by atoms with E-state index in [9.17, 15) is 13.2 Å². The van der Waals surface area contributed by atoms with E-state index >= 15 is 0 Å². The molecule has 0 fully saturated rings. The molecule has 1 heterocycles. The smallest absolute Gasteiger partial charge is 0.318 e. The lowest BCUT2D eigenvalue weighted by atomic mass is 10.2. The number of aliphatic carboxylic acids is 1. The van der Waals surface area contributed by atoms with Crippen molar-refractivity contribution < 1.29 is 27.8 Å². The SMILES string of the molecule is CS(=O)(=O)N(CC(=O)O)Cc1ccc2c(c1)OCCO2. The number of carbonyl (C=O) groups is 1. The quantitative estimate of drug-likeness (QED) is 0.841. The highest BCUT2D eigenvalue weighted by atomic mass is 32.2. The van der Waals surface area contributed by atoms with Gasteiger partial charge in [-0.1, -0.05) is 6.07 Å². The van der Waals surface area contributed by atoms with Crippen LogP contribution in [-0.4, -0.2) is 49.8 Å². The average Bonchev–Trinajstić information content (AvgIpc) is 2.36. The van der Waals surface area contributed by atoms with Gasteiger partial charge < -0.3 is 14.6 Å². The molecule has 0 spiro atoms. The zero-order chi connectivity index (χ0) is 14.8. The molecule has 20 heavy (non-hydrogen) atoms. The zero-order valence-electron chi connectivity index (χ0n) is 10.9. The van der Waals surface area contributed by atoms with Gasteiger partial charge in [0.25, 0.3) is 0 Å². The van der Waals surface area contributed by atoms with Crippen LogP contribution in [0, 0.1) is 0 Å². The van der Waals surface area contributed by atoms with Gasteiger partial charge in [0.05, 0.1) is 6.26 Å². The van der Waals surface area contributed by atoms with Crippen molar-refractivity contribution in [2.24, 2.45) is 0 Å². The molecule has 1 aliphatic rings. The molecule has 0 atom stereocenters. The summed E-state index contributed by atoms with van der Waals surface area (Å²) in [6.07, 6.45) is 0.980. The van der Waals surface area contributed by atoms with E-state index in [-0.39, 0.29) is 6.54 Å². The van der Waals surface area contributed by atoms with Gasteiger partial charge in [0.2, 0.25) is 10.0 Å². The van der Waals surface area contributed by atoms with Gasteiger partial charge >= 0.3 is 5.97 Å². The van der Waals surface area contributed by atoms with Crippen molar-refractivity contribution in [1.82, 2.24) is 4.31 Å². The monoisotopic (exact) mass is 301 g/mol. The number of hydrogen-bond donors (Lipinski definition) is 1. The third-order valence-electron chi connectivity index (χ3n) is 2.75. The van der Waals surface area contributed by atoms with Gasteiger partial charge in [-0.3, -0.25) is 4.79 Å². The summed E-state index contributed by atoms with van der Waals surface area (Å²) < 4.78 is 34.8. The minimum absolute atomic E-state index is 0.0260. The fourth-order valence-corrected chi connectivity index (χ4v) is 2.56. The maximum Gasteiger partial charge on any atom is 0.318 e. The first-order valence-corrected chi connectivity index (χ1v) is 7.76. The molecule has 1 aliphatic heterocycles. The van der Waals surface area contributed by atoms with E-state index in [2.05, 4.69) is 0 Å². The molecule has 110 valence electrons. The molecular formula is C12H15NO6S. The Morgan fingerprint density at radius 2 is 1.95 bits per heavy atom. The van der Waals surface area contributed by atoms with Crippen LogP contribution >= 0.6 is 0 Å². The van der Waals surface area contributed by atoms with E-state index in [0.29, 0.717) is 30.3 Å². The van der Waals surface area contributed by atoms with Crippen LogP contribution in [0.4, 0.5) is 0 Å². The summed E-state index contributed by atoms with van der Waals surface area (Å²) >= 11 is 0. The van der Waals surface area contributed by atoms with E-state index < -0.39 is 22.5 Å². The maximum absolute atomic E-state index is 11.6. The highest BCUT2D eigenvalue weighted by molar-refractivity contribution is 7.88. The van der Waals surface area contributed by atoms with Crippen LogP contribution in [0.2, 0.25) is 0 Å². The Kier molecular flexibility index (Phi) is 4.15. The highest BCUT2D eigenvalue weighted by Gasteiger charge is 2.21. The van der Waals surface area contributed by atoms with Crippen LogP contribution in [-0.2, 0) is 21.4 Å². The number of fused-ring (bicyclic) bond motifs is 1. The number of carboxylic acids is 1. The van der Waals surface area contributed by atoms with Crippen molar-refractivity contribution in [1.29, 1.82) is 0 Å². The molecule has 1 aromatic rings. The molecule has 7 nitrogen and oxygen atoms in total. The van der Waals surface area contributed by atoms with Crippen LogP contribution < -0.4 is 9.47 Å². The lowest BCUT2D eigenvalue weighted by Crippen LogP contribution is -2.34. The van der Waals surface area contributed by atoms with Gasteiger partial charge in [-0.05, 0) is 17.7 Å². The second-order valence-electron chi connectivity index (χ2n) is 4.40. The molecule has 0 unspecified atom stereocenters. The van der Waals surface area contributed by atoms with Gasteiger partial charge in [0.1, 0.15) is 19.8 Å². The first-order valence-electron chi connectivity index (χ1n) is 5.92. The second kappa shape index (κ2) is 5.68. The fourth-order valence-electron chi connectivity index (χ4n) is 1.83. The Bertz CT molecular complexity index is 612. The minimum Gasteiger partial charge on any atom is -0.486 e. The molecule has 0 bridgehead atoms. The van der Waals surface area contributed by atoms with Crippen molar-refractivity contribution in [3.05, 3.63) is 23.8 Å². The highest BCUT2D eigenvalue weighted by Crippen LogP contribution is 2.31. The summed E-state index contributed by atoms with van der Waals surface area (Å²) in [4.78, 5) is 10.7. The van der Waals surface area contributed by atoms with E-state index in [1.165, 1.54) is 0 Å². The van der Waals surface area contributed by atoms with Crippen LogP contribution in [0.1, 0.15) is 5.56 Å². The molecule has 0 amide bonds. The first-order chi connectivity index (χ1) is 9.36. The lowest BCUT2D eigenvalue weighted by Gasteiger charge is -2.21. The lowest BCUT2D eigenvalue weighted by molar-refractivity contribution is -0.137. The Morgan fingerprint density at radius 1 is 1.30 bits per heavy atom. The number of rotatable bonds is 5. The number of sulfonamides is 1. The van der Waals surface area contributed by atoms with Crippen molar-refractivity contribution >= 4 is 16.0 Å². The largest absolute Gasteiger partial charge is 0.486 e. The third-order valence-corrected chi connectivity index (χ3v) is 3.94. The zero-order valence-corrected chi connectivity index (χ0v) is 11.7. The van der Waals surface area contributed by atoms with Crippen LogP contribution in [0.25, 0.3) is 0 Å².